The Balaban J connectivity index is 2.21. The fourth-order valence-electron chi connectivity index (χ4n) is 2.80. The topological polar surface area (TPSA) is 47.0 Å². The maximum atomic E-state index is 5.93. The van der Waals surface area contributed by atoms with Gasteiger partial charge in [-0.3, -0.25) is 0 Å². The van der Waals surface area contributed by atoms with Crippen molar-refractivity contribution in [2.45, 2.75) is 33.1 Å². The van der Waals surface area contributed by atoms with Crippen molar-refractivity contribution in [3.63, 3.8) is 0 Å². The molecule has 2 heterocycles. The molecular formula is C17H21N3O. The Morgan fingerprint density at radius 3 is 2.90 bits per heavy atom. The molecule has 0 aliphatic carbocycles. The summed E-state index contributed by atoms with van der Waals surface area (Å²) in [7, 11) is 1.90. The van der Waals surface area contributed by atoms with E-state index in [2.05, 4.69) is 42.3 Å². The van der Waals surface area contributed by atoms with Crippen LogP contribution in [-0.4, -0.2) is 23.6 Å². The van der Waals surface area contributed by atoms with Crippen LogP contribution in [0.1, 0.15) is 30.3 Å². The number of para-hydroxylation sites is 1. The largest absolute Gasteiger partial charge is 0.493 e. The molecule has 0 spiro atoms. The lowest BCUT2D eigenvalue weighted by molar-refractivity contribution is 0.289. The Morgan fingerprint density at radius 1 is 1.29 bits per heavy atom. The summed E-state index contributed by atoms with van der Waals surface area (Å²) in [5, 5.41) is 3.17. The van der Waals surface area contributed by atoms with Crippen molar-refractivity contribution in [3.8, 4) is 17.0 Å². The number of nitrogens with zero attached hydrogens (tertiary/aromatic N) is 2. The van der Waals surface area contributed by atoms with Gasteiger partial charge in [-0.1, -0.05) is 19.1 Å². The van der Waals surface area contributed by atoms with Gasteiger partial charge in [0.25, 0.3) is 0 Å². The van der Waals surface area contributed by atoms with Gasteiger partial charge in [0.05, 0.1) is 12.3 Å². The number of anilines is 1. The predicted molar refractivity (Wildman–Crippen MR) is 84.9 cm³/mol. The average molecular weight is 283 g/mol. The minimum atomic E-state index is 0.785. The molecule has 110 valence electrons. The summed E-state index contributed by atoms with van der Waals surface area (Å²) in [5.74, 6) is 2.74. The third-order valence-electron chi connectivity index (χ3n) is 3.93. The highest BCUT2D eigenvalue weighted by Gasteiger charge is 2.19. The van der Waals surface area contributed by atoms with E-state index in [1.807, 2.05) is 7.05 Å². The molecular weight excluding hydrogens is 262 g/mol. The minimum Gasteiger partial charge on any atom is -0.493 e. The quantitative estimate of drug-likeness (QED) is 0.938. The summed E-state index contributed by atoms with van der Waals surface area (Å²) in [4.78, 5) is 9.29. The van der Waals surface area contributed by atoms with Crippen LogP contribution < -0.4 is 10.1 Å². The predicted octanol–water partition coefficient (Wildman–Crippen LogP) is 3.38. The number of hydrogen-bond donors (Lipinski definition) is 1. The van der Waals surface area contributed by atoms with E-state index in [1.54, 1.807) is 0 Å². The van der Waals surface area contributed by atoms with E-state index in [0.29, 0.717) is 0 Å². The molecule has 0 atom stereocenters. The van der Waals surface area contributed by atoms with Crippen LogP contribution in [0.3, 0.4) is 0 Å². The van der Waals surface area contributed by atoms with Crippen molar-refractivity contribution >= 4 is 5.82 Å². The molecule has 1 N–H and O–H groups in total. The van der Waals surface area contributed by atoms with Gasteiger partial charge in [-0.05, 0) is 31.4 Å². The molecule has 0 saturated carbocycles. The highest BCUT2D eigenvalue weighted by Crippen LogP contribution is 2.37. The van der Waals surface area contributed by atoms with Gasteiger partial charge in [-0.25, -0.2) is 9.97 Å². The highest BCUT2D eigenvalue weighted by molar-refractivity contribution is 5.75. The summed E-state index contributed by atoms with van der Waals surface area (Å²) >= 11 is 0. The second-order valence-electron chi connectivity index (χ2n) is 5.31. The third kappa shape index (κ3) is 2.46. The standard InChI is InChI=1S/C17H21N3O/c1-4-14-19-15(11(2)17(18-3)20-14)13-9-5-7-12-8-6-10-21-16(12)13/h5,7,9H,4,6,8,10H2,1-3H3,(H,18,19,20). The maximum absolute atomic E-state index is 5.93. The smallest absolute Gasteiger partial charge is 0.133 e. The fourth-order valence-corrected chi connectivity index (χ4v) is 2.80. The van der Waals surface area contributed by atoms with Crippen LogP contribution in [0.15, 0.2) is 18.2 Å². The Labute approximate surface area is 125 Å². The first-order chi connectivity index (χ1) is 10.2. The molecule has 2 aromatic rings. The number of fused-ring (bicyclic) bond motifs is 1. The van der Waals surface area contributed by atoms with Gasteiger partial charge in [0.1, 0.15) is 17.4 Å². The zero-order valence-corrected chi connectivity index (χ0v) is 12.9. The molecule has 1 aromatic heterocycles. The number of hydrogen-bond acceptors (Lipinski definition) is 4. The van der Waals surface area contributed by atoms with E-state index in [-0.39, 0.29) is 0 Å². The van der Waals surface area contributed by atoms with Gasteiger partial charge in [0, 0.05) is 24.6 Å². The molecule has 4 nitrogen and oxygen atoms in total. The SMILES string of the molecule is CCc1nc(NC)c(C)c(-c2cccc3c2OCCC3)n1. The second-order valence-corrected chi connectivity index (χ2v) is 5.31. The summed E-state index contributed by atoms with van der Waals surface area (Å²) in [5.41, 5.74) is 4.40. The highest BCUT2D eigenvalue weighted by atomic mass is 16.5. The van der Waals surface area contributed by atoms with E-state index in [9.17, 15) is 0 Å². The van der Waals surface area contributed by atoms with Crippen molar-refractivity contribution in [1.82, 2.24) is 9.97 Å². The van der Waals surface area contributed by atoms with E-state index in [0.717, 1.165) is 60.1 Å². The van der Waals surface area contributed by atoms with E-state index < -0.39 is 0 Å². The number of aryl methyl sites for hydroxylation is 2. The van der Waals surface area contributed by atoms with Crippen molar-refractivity contribution in [2.24, 2.45) is 0 Å². The molecule has 0 radical (unpaired) electrons. The van der Waals surface area contributed by atoms with E-state index in [4.69, 9.17) is 9.72 Å². The van der Waals surface area contributed by atoms with Gasteiger partial charge in [0.15, 0.2) is 0 Å². The molecule has 0 amide bonds. The van der Waals surface area contributed by atoms with Crippen molar-refractivity contribution in [2.75, 3.05) is 19.0 Å². The lowest BCUT2D eigenvalue weighted by atomic mass is 9.98. The third-order valence-corrected chi connectivity index (χ3v) is 3.93. The molecule has 0 fully saturated rings. The van der Waals surface area contributed by atoms with Gasteiger partial charge in [-0.15, -0.1) is 0 Å². The Kier molecular flexibility index (Phi) is 3.78. The van der Waals surface area contributed by atoms with Crippen LogP contribution in [-0.2, 0) is 12.8 Å². The zero-order chi connectivity index (χ0) is 14.8. The molecule has 0 unspecified atom stereocenters. The Hall–Kier alpha value is -2.10. The Morgan fingerprint density at radius 2 is 2.14 bits per heavy atom. The van der Waals surface area contributed by atoms with Crippen LogP contribution in [0, 0.1) is 6.92 Å². The molecule has 0 bridgehead atoms. The molecule has 1 aliphatic heterocycles. The van der Waals surface area contributed by atoms with Crippen LogP contribution in [0.5, 0.6) is 5.75 Å². The van der Waals surface area contributed by atoms with Crippen molar-refractivity contribution < 1.29 is 4.74 Å². The first-order valence-corrected chi connectivity index (χ1v) is 7.55. The normalized spacial score (nSPS) is 13.5. The van der Waals surface area contributed by atoms with Crippen LogP contribution in [0.2, 0.25) is 0 Å². The first-order valence-electron chi connectivity index (χ1n) is 7.55. The molecule has 3 rings (SSSR count). The van der Waals surface area contributed by atoms with Crippen molar-refractivity contribution in [1.29, 1.82) is 0 Å². The summed E-state index contributed by atoms with van der Waals surface area (Å²) in [6.07, 6.45) is 2.98. The first kappa shape index (κ1) is 13.9. The minimum absolute atomic E-state index is 0.785. The Bertz CT molecular complexity index is 667. The molecule has 1 aromatic carbocycles. The van der Waals surface area contributed by atoms with Crippen LogP contribution in [0.4, 0.5) is 5.82 Å². The molecule has 4 heteroatoms. The summed E-state index contributed by atoms with van der Waals surface area (Å²) in [6.45, 7) is 4.92. The number of aromatic nitrogens is 2. The lowest BCUT2D eigenvalue weighted by Gasteiger charge is -2.21. The summed E-state index contributed by atoms with van der Waals surface area (Å²) in [6, 6.07) is 6.33. The number of nitrogens with one attached hydrogen (secondary N) is 1. The maximum Gasteiger partial charge on any atom is 0.133 e. The second kappa shape index (κ2) is 5.72. The van der Waals surface area contributed by atoms with Gasteiger partial charge in [0.2, 0.25) is 0 Å². The summed E-state index contributed by atoms with van der Waals surface area (Å²) < 4.78 is 5.93. The molecule has 1 aliphatic rings. The number of ether oxygens (including phenoxy) is 1. The van der Waals surface area contributed by atoms with Gasteiger partial charge >= 0.3 is 0 Å². The number of benzene rings is 1. The van der Waals surface area contributed by atoms with Crippen LogP contribution >= 0.6 is 0 Å². The molecule has 21 heavy (non-hydrogen) atoms. The lowest BCUT2D eigenvalue weighted by Crippen LogP contribution is -2.11. The van der Waals surface area contributed by atoms with E-state index >= 15 is 0 Å². The van der Waals surface area contributed by atoms with Gasteiger partial charge < -0.3 is 10.1 Å². The average Bonchev–Trinajstić information content (AvgIpc) is 2.54. The van der Waals surface area contributed by atoms with E-state index in [1.165, 1.54) is 5.56 Å². The molecule has 0 saturated heterocycles. The fraction of sp³-hybridized carbons (Fsp3) is 0.412. The monoisotopic (exact) mass is 283 g/mol. The van der Waals surface area contributed by atoms with Crippen LogP contribution in [0.25, 0.3) is 11.3 Å². The zero-order valence-electron chi connectivity index (χ0n) is 12.9. The van der Waals surface area contributed by atoms with Gasteiger partial charge in [-0.2, -0.15) is 0 Å². The number of rotatable bonds is 3. The van der Waals surface area contributed by atoms with Crippen molar-refractivity contribution in [3.05, 3.63) is 35.2 Å².